The lowest BCUT2D eigenvalue weighted by Gasteiger charge is -2.06. The van der Waals surface area contributed by atoms with Crippen molar-refractivity contribution in [1.82, 2.24) is 0 Å². The Morgan fingerprint density at radius 2 is 1.70 bits per heavy atom. The molecule has 0 aliphatic heterocycles. The average molecular weight is 273 g/mol. The van der Waals surface area contributed by atoms with Gasteiger partial charge in [-0.1, -0.05) is 30.3 Å². The molecule has 20 heavy (non-hydrogen) atoms. The van der Waals surface area contributed by atoms with E-state index in [4.69, 9.17) is 9.47 Å². The van der Waals surface area contributed by atoms with E-state index in [0.29, 0.717) is 5.75 Å². The number of nitro groups is 1. The standard InChI is InChI=1S/C14H11NO5/c16-14(20-11-6-2-1-3-7-11)10-19-13-9-5-4-8-12(13)15(17)18/h1-9H,10H2. The van der Waals surface area contributed by atoms with Crippen LogP contribution in [0.3, 0.4) is 0 Å². The minimum Gasteiger partial charge on any atom is -0.475 e. The molecule has 6 heteroatoms. The molecule has 0 aliphatic rings. The highest BCUT2D eigenvalue weighted by molar-refractivity contribution is 5.74. The van der Waals surface area contributed by atoms with Crippen LogP contribution in [0.1, 0.15) is 0 Å². The molecule has 0 bridgehead atoms. The van der Waals surface area contributed by atoms with Crippen molar-refractivity contribution in [3.8, 4) is 11.5 Å². The van der Waals surface area contributed by atoms with Gasteiger partial charge in [-0.3, -0.25) is 10.1 Å². The Kier molecular flexibility index (Phi) is 4.28. The molecule has 0 fully saturated rings. The molecule has 0 N–H and O–H groups in total. The summed E-state index contributed by atoms with van der Waals surface area (Å²) in [7, 11) is 0. The zero-order chi connectivity index (χ0) is 14.4. The van der Waals surface area contributed by atoms with E-state index in [-0.39, 0.29) is 11.4 Å². The van der Waals surface area contributed by atoms with Crippen LogP contribution in [-0.4, -0.2) is 17.5 Å². The summed E-state index contributed by atoms with van der Waals surface area (Å²) in [5.41, 5.74) is -0.194. The van der Waals surface area contributed by atoms with Crippen LogP contribution in [0.2, 0.25) is 0 Å². The Labute approximate surface area is 114 Å². The highest BCUT2D eigenvalue weighted by Gasteiger charge is 2.15. The maximum absolute atomic E-state index is 11.5. The minimum atomic E-state index is -0.630. The number of benzene rings is 2. The Hall–Kier alpha value is -2.89. The van der Waals surface area contributed by atoms with Gasteiger partial charge in [-0.05, 0) is 18.2 Å². The fourth-order valence-electron chi connectivity index (χ4n) is 1.52. The van der Waals surface area contributed by atoms with Gasteiger partial charge in [0.05, 0.1) is 4.92 Å². The third-order valence-corrected chi connectivity index (χ3v) is 2.38. The second kappa shape index (κ2) is 6.33. The van der Waals surface area contributed by atoms with Crippen molar-refractivity contribution in [2.45, 2.75) is 0 Å². The average Bonchev–Trinajstić information content (AvgIpc) is 2.46. The number of para-hydroxylation sites is 3. The van der Waals surface area contributed by atoms with Crippen LogP contribution in [0, 0.1) is 10.1 Å². The molecule has 0 amide bonds. The van der Waals surface area contributed by atoms with Crippen molar-refractivity contribution in [2.24, 2.45) is 0 Å². The fraction of sp³-hybridized carbons (Fsp3) is 0.0714. The molecule has 2 rings (SSSR count). The van der Waals surface area contributed by atoms with E-state index in [1.165, 1.54) is 18.2 Å². The minimum absolute atomic E-state index is 0.0301. The van der Waals surface area contributed by atoms with Gasteiger partial charge in [-0.2, -0.15) is 0 Å². The van der Waals surface area contributed by atoms with Crippen molar-refractivity contribution < 1.29 is 19.2 Å². The van der Waals surface area contributed by atoms with Crippen molar-refractivity contribution in [3.05, 3.63) is 64.7 Å². The monoisotopic (exact) mass is 273 g/mol. The molecule has 0 aliphatic carbocycles. The largest absolute Gasteiger partial charge is 0.475 e. The van der Waals surface area contributed by atoms with Gasteiger partial charge in [0.2, 0.25) is 0 Å². The van der Waals surface area contributed by atoms with Crippen LogP contribution in [-0.2, 0) is 4.79 Å². The van der Waals surface area contributed by atoms with Gasteiger partial charge in [0.25, 0.3) is 0 Å². The summed E-state index contributed by atoms with van der Waals surface area (Å²) in [4.78, 5) is 21.7. The molecule has 0 saturated carbocycles. The number of ether oxygens (including phenoxy) is 2. The van der Waals surface area contributed by atoms with Crippen molar-refractivity contribution in [2.75, 3.05) is 6.61 Å². The van der Waals surface area contributed by atoms with Crippen molar-refractivity contribution in [1.29, 1.82) is 0 Å². The quantitative estimate of drug-likeness (QED) is 0.362. The lowest BCUT2D eigenvalue weighted by molar-refractivity contribution is -0.385. The Bertz CT molecular complexity index is 612. The number of carbonyl (C=O) groups is 1. The summed E-state index contributed by atoms with van der Waals surface area (Å²) in [6.45, 7) is -0.403. The zero-order valence-corrected chi connectivity index (χ0v) is 10.4. The highest BCUT2D eigenvalue weighted by atomic mass is 16.6. The molecule has 0 heterocycles. The molecule has 2 aromatic rings. The molecule has 0 aromatic heterocycles. The van der Waals surface area contributed by atoms with E-state index >= 15 is 0 Å². The Morgan fingerprint density at radius 1 is 1.05 bits per heavy atom. The SMILES string of the molecule is O=C(COc1ccccc1[N+](=O)[O-])Oc1ccccc1. The predicted molar refractivity (Wildman–Crippen MR) is 70.7 cm³/mol. The molecule has 6 nitrogen and oxygen atoms in total. The Morgan fingerprint density at radius 3 is 2.40 bits per heavy atom. The maximum Gasteiger partial charge on any atom is 0.349 e. The lowest BCUT2D eigenvalue weighted by Crippen LogP contribution is -2.18. The van der Waals surface area contributed by atoms with Crippen LogP contribution in [0.5, 0.6) is 11.5 Å². The first-order valence-electron chi connectivity index (χ1n) is 5.79. The van der Waals surface area contributed by atoms with E-state index in [0.717, 1.165) is 0 Å². The number of carbonyl (C=O) groups excluding carboxylic acids is 1. The second-order valence-electron chi connectivity index (χ2n) is 3.80. The van der Waals surface area contributed by atoms with E-state index in [9.17, 15) is 14.9 Å². The van der Waals surface area contributed by atoms with E-state index in [1.54, 1.807) is 36.4 Å². The normalized spacial score (nSPS) is 9.80. The first-order valence-corrected chi connectivity index (χ1v) is 5.79. The van der Waals surface area contributed by atoms with E-state index < -0.39 is 17.5 Å². The van der Waals surface area contributed by atoms with Crippen molar-refractivity contribution >= 4 is 11.7 Å². The number of hydrogen-bond donors (Lipinski definition) is 0. The van der Waals surface area contributed by atoms with Crippen LogP contribution in [0.15, 0.2) is 54.6 Å². The summed E-state index contributed by atoms with van der Waals surface area (Å²) < 4.78 is 10.1. The lowest BCUT2D eigenvalue weighted by atomic mass is 10.3. The van der Waals surface area contributed by atoms with Gasteiger partial charge in [-0.25, -0.2) is 4.79 Å². The first-order chi connectivity index (χ1) is 9.66. The van der Waals surface area contributed by atoms with Crippen LogP contribution in [0.4, 0.5) is 5.69 Å². The molecule has 0 atom stereocenters. The summed E-state index contributed by atoms with van der Waals surface area (Å²) in [5.74, 6) is -0.208. The number of esters is 1. The van der Waals surface area contributed by atoms with Crippen molar-refractivity contribution in [3.63, 3.8) is 0 Å². The molecule has 2 aromatic carbocycles. The summed E-state index contributed by atoms with van der Waals surface area (Å²) in [6.07, 6.45) is 0. The molecule has 102 valence electrons. The first kappa shape index (κ1) is 13.5. The topological polar surface area (TPSA) is 78.7 Å². The third kappa shape index (κ3) is 3.55. The number of hydrogen-bond acceptors (Lipinski definition) is 5. The van der Waals surface area contributed by atoms with Gasteiger partial charge in [0.1, 0.15) is 5.75 Å². The van der Waals surface area contributed by atoms with Gasteiger partial charge < -0.3 is 9.47 Å². The van der Waals surface area contributed by atoms with Crippen LogP contribution >= 0.6 is 0 Å². The molecule has 0 unspecified atom stereocenters. The Balaban J connectivity index is 1.96. The van der Waals surface area contributed by atoms with E-state index in [2.05, 4.69) is 0 Å². The summed E-state index contributed by atoms with van der Waals surface area (Å²) >= 11 is 0. The number of nitro benzene ring substituents is 1. The van der Waals surface area contributed by atoms with Crippen LogP contribution in [0.25, 0.3) is 0 Å². The zero-order valence-electron chi connectivity index (χ0n) is 10.4. The number of rotatable bonds is 5. The van der Waals surface area contributed by atoms with Gasteiger partial charge in [0.15, 0.2) is 12.4 Å². The van der Waals surface area contributed by atoms with Gasteiger partial charge in [-0.15, -0.1) is 0 Å². The van der Waals surface area contributed by atoms with Gasteiger partial charge in [0, 0.05) is 6.07 Å². The van der Waals surface area contributed by atoms with Crippen LogP contribution < -0.4 is 9.47 Å². The highest BCUT2D eigenvalue weighted by Crippen LogP contribution is 2.25. The third-order valence-electron chi connectivity index (χ3n) is 2.38. The fourth-order valence-corrected chi connectivity index (χ4v) is 1.52. The maximum atomic E-state index is 11.5. The molecule has 0 saturated heterocycles. The van der Waals surface area contributed by atoms with E-state index in [1.807, 2.05) is 0 Å². The molecular formula is C14H11NO5. The smallest absolute Gasteiger partial charge is 0.349 e. The number of nitrogens with zero attached hydrogens (tertiary/aromatic N) is 1. The molecular weight excluding hydrogens is 262 g/mol. The summed E-state index contributed by atoms with van der Waals surface area (Å²) in [5, 5.41) is 10.8. The molecule has 0 spiro atoms. The van der Waals surface area contributed by atoms with Gasteiger partial charge >= 0.3 is 11.7 Å². The second-order valence-corrected chi connectivity index (χ2v) is 3.80. The predicted octanol–water partition coefficient (Wildman–Crippen LogP) is 2.58. The summed E-state index contributed by atoms with van der Waals surface area (Å²) in [6, 6.07) is 14.3. The molecule has 0 radical (unpaired) electrons.